The van der Waals surface area contributed by atoms with Gasteiger partial charge in [-0.05, 0) is 36.8 Å². The lowest BCUT2D eigenvalue weighted by molar-refractivity contribution is -0.137. The average molecular weight is 301 g/mol. The van der Waals surface area contributed by atoms with Gasteiger partial charge in [0, 0.05) is 12.6 Å². The van der Waals surface area contributed by atoms with Crippen LogP contribution in [-0.2, 0) is 17.4 Å². The molecule has 0 aliphatic heterocycles. The first-order valence-corrected chi connectivity index (χ1v) is 6.96. The third kappa shape index (κ3) is 4.74. The van der Waals surface area contributed by atoms with E-state index in [0.29, 0.717) is 17.9 Å². The molecule has 0 heterocycles. The fraction of sp³-hybridized carbons (Fsp3) is 0.533. The number of carbonyl (C=O) groups excluding carboxylic acids is 1. The van der Waals surface area contributed by atoms with Gasteiger partial charge in [-0.2, -0.15) is 13.2 Å². The topological polar surface area (TPSA) is 49.3 Å². The molecular formula is C15H18F3NO2. The molecule has 3 nitrogen and oxygen atoms in total. The molecule has 0 spiro atoms. The zero-order chi connectivity index (χ0) is 15.5. The molecule has 2 rings (SSSR count). The Balaban J connectivity index is 1.96. The number of nitrogens with one attached hydrogen (secondary N) is 1. The van der Waals surface area contributed by atoms with Crippen LogP contribution in [0.2, 0.25) is 0 Å². The third-order valence-corrected chi connectivity index (χ3v) is 3.60. The second kappa shape index (κ2) is 6.47. The van der Waals surface area contributed by atoms with Gasteiger partial charge in [-0.1, -0.05) is 18.2 Å². The number of amides is 1. The van der Waals surface area contributed by atoms with Gasteiger partial charge in [0.05, 0.1) is 12.0 Å². The van der Waals surface area contributed by atoms with Crippen molar-refractivity contribution in [2.24, 2.45) is 5.92 Å². The van der Waals surface area contributed by atoms with E-state index in [1.54, 1.807) is 0 Å². The molecule has 0 aromatic heterocycles. The van der Waals surface area contributed by atoms with Gasteiger partial charge < -0.3 is 10.4 Å². The summed E-state index contributed by atoms with van der Waals surface area (Å²) in [6.45, 7) is -0.00892. The van der Waals surface area contributed by atoms with E-state index in [-0.39, 0.29) is 25.0 Å². The van der Waals surface area contributed by atoms with Crippen LogP contribution in [0.4, 0.5) is 13.2 Å². The van der Waals surface area contributed by atoms with Gasteiger partial charge >= 0.3 is 6.18 Å². The van der Waals surface area contributed by atoms with E-state index in [2.05, 4.69) is 5.32 Å². The highest BCUT2D eigenvalue weighted by molar-refractivity contribution is 5.79. The number of aliphatic hydroxyl groups is 1. The Morgan fingerprint density at radius 2 is 2.10 bits per heavy atom. The Morgan fingerprint density at radius 1 is 1.38 bits per heavy atom. The number of carbonyl (C=O) groups is 1. The molecule has 1 amide bonds. The van der Waals surface area contributed by atoms with E-state index in [1.807, 2.05) is 0 Å². The summed E-state index contributed by atoms with van der Waals surface area (Å²) in [5.41, 5.74) is -0.414. The molecule has 6 heteroatoms. The fourth-order valence-corrected chi connectivity index (χ4v) is 2.36. The lowest BCUT2D eigenvalue weighted by atomic mass is 10.1. The van der Waals surface area contributed by atoms with Gasteiger partial charge in [0.25, 0.3) is 0 Å². The van der Waals surface area contributed by atoms with Crippen LogP contribution in [0.5, 0.6) is 0 Å². The van der Waals surface area contributed by atoms with Crippen LogP contribution < -0.4 is 5.32 Å². The molecule has 1 fully saturated rings. The maximum atomic E-state index is 12.6. The Hall–Kier alpha value is -1.56. The van der Waals surface area contributed by atoms with Gasteiger partial charge in [0.15, 0.2) is 0 Å². The van der Waals surface area contributed by atoms with Crippen LogP contribution in [0.15, 0.2) is 24.3 Å². The molecule has 0 radical (unpaired) electrons. The van der Waals surface area contributed by atoms with E-state index < -0.39 is 11.7 Å². The number of aliphatic hydroxyl groups excluding tert-OH is 1. The van der Waals surface area contributed by atoms with Gasteiger partial charge in [-0.3, -0.25) is 4.79 Å². The summed E-state index contributed by atoms with van der Waals surface area (Å²) in [6.07, 6.45) is -1.96. The smallest absolute Gasteiger partial charge is 0.396 e. The summed E-state index contributed by atoms with van der Waals surface area (Å²) in [4.78, 5) is 11.9. The molecule has 1 aliphatic carbocycles. The highest BCUT2D eigenvalue weighted by Crippen LogP contribution is 2.34. The van der Waals surface area contributed by atoms with Gasteiger partial charge in [0.1, 0.15) is 0 Å². The number of hydrogen-bond donors (Lipinski definition) is 2. The number of hydrogen-bond acceptors (Lipinski definition) is 2. The van der Waals surface area contributed by atoms with Crippen LogP contribution in [0.1, 0.15) is 30.4 Å². The van der Waals surface area contributed by atoms with E-state index in [9.17, 15) is 18.0 Å². The van der Waals surface area contributed by atoms with Crippen LogP contribution >= 0.6 is 0 Å². The molecule has 1 saturated carbocycles. The zero-order valence-electron chi connectivity index (χ0n) is 11.5. The largest absolute Gasteiger partial charge is 0.416 e. The minimum absolute atomic E-state index is 0.00892. The lowest BCUT2D eigenvalue weighted by Crippen LogP contribution is -2.38. The van der Waals surface area contributed by atoms with Crippen molar-refractivity contribution in [3.05, 3.63) is 35.4 Å². The van der Waals surface area contributed by atoms with Gasteiger partial charge in [0.2, 0.25) is 5.91 Å². The number of benzene rings is 1. The second-order valence-corrected chi connectivity index (χ2v) is 5.40. The second-order valence-electron chi connectivity index (χ2n) is 5.40. The Labute approximate surface area is 121 Å². The molecule has 2 N–H and O–H groups in total. The summed E-state index contributed by atoms with van der Waals surface area (Å²) >= 11 is 0. The van der Waals surface area contributed by atoms with Crippen molar-refractivity contribution in [2.75, 3.05) is 6.61 Å². The number of halogens is 3. The predicted octanol–water partition coefficient (Wildman–Crippen LogP) is 2.53. The summed E-state index contributed by atoms with van der Waals surface area (Å²) in [6, 6.07) is 4.72. The first-order valence-electron chi connectivity index (χ1n) is 6.96. The quantitative estimate of drug-likeness (QED) is 0.848. The van der Waals surface area contributed by atoms with E-state index in [0.717, 1.165) is 25.0 Å². The molecule has 1 atom stereocenters. The van der Waals surface area contributed by atoms with Crippen LogP contribution in [0.25, 0.3) is 0 Å². The monoisotopic (exact) mass is 301 g/mol. The number of alkyl halides is 3. The standard InChI is InChI=1S/C15H18F3NO2/c16-15(17,18)12-3-1-2-10(8-12)9-14(21)19-13(6-7-20)11-4-5-11/h1-3,8,11,13,20H,4-7,9H2,(H,19,21). The fourth-order valence-electron chi connectivity index (χ4n) is 2.36. The molecular weight excluding hydrogens is 283 g/mol. The van der Waals surface area contributed by atoms with Crippen molar-refractivity contribution in [3.8, 4) is 0 Å². The van der Waals surface area contributed by atoms with E-state index >= 15 is 0 Å². The van der Waals surface area contributed by atoms with Crippen LogP contribution in [0.3, 0.4) is 0 Å². The van der Waals surface area contributed by atoms with Crippen molar-refractivity contribution >= 4 is 5.91 Å². The van der Waals surface area contributed by atoms with Crippen molar-refractivity contribution in [1.29, 1.82) is 0 Å². The van der Waals surface area contributed by atoms with Crippen molar-refractivity contribution in [3.63, 3.8) is 0 Å². The first kappa shape index (κ1) is 15.8. The van der Waals surface area contributed by atoms with Crippen LogP contribution in [0, 0.1) is 5.92 Å². The molecule has 116 valence electrons. The molecule has 1 aliphatic rings. The molecule has 21 heavy (non-hydrogen) atoms. The van der Waals surface area contributed by atoms with Crippen molar-refractivity contribution < 1.29 is 23.1 Å². The summed E-state index contributed by atoms with van der Waals surface area (Å²) in [7, 11) is 0. The minimum atomic E-state index is -4.40. The van der Waals surface area contributed by atoms with Gasteiger partial charge in [-0.25, -0.2) is 0 Å². The average Bonchev–Trinajstić information content (AvgIpc) is 3.21. The SMILES string of the molecule is O=C(Cc1cccc(C(F)(F)F)c1)NC(CCO)C1CC1. The van der Waals surface area contributed by atoms with Crippen molar-refractivity contribution in [2.45, 2.75) is 37.9 Å². The van der Waals surface area contributed by atoms with Crippen molar-refractivity contribution in [1.82, 2.24) is 5.32 Å². The predicted molar refractivity (Wildman–Crippen MR) is 71.5 cm³/mol. The molecule has 1 aromatic carbocycles. The third-order valence-electron chi connectivity index (χ3n) is 3.60. The van der Waals surface area contributed by atoms with E-state index in [4.69, 9.17) is 5.11 Å². The Morgan fingerprint density at radius 3 is 2.67 bits per heavy atom. The summed E-state index contributed by atoms with van der Waals surface area (Å²) in [5.74, 6) is 0.0854. The Bertz CT molecular complexity index is 498. The van der Waals surface area contributed by atoms with E-state index in [1.165, 1.54) is 12.1 Å². The molecule has 0 bridgehead atoms. The molecule has 1 unspecified atom stereocenters. The summed E-state index contributed by atoms with van der Waals surface area (Å²) in [5, 5.41) is 11.8. The van der Waals surface area contributed by atoms with Gasteiger partial charge in [-0.15, -0.1) is 0 Å². The highest BCUT2D eigenvalue weighted by atomic mass is 19.4. The molecule has 1 aromatic rings. The highest BCUT2D eigenvalue weighted by Gasteiger charge is 2.32. The summed E-state index contributed by atoms with van der Waals surface area (Å²) < 4.78 is 37.8. The molecule has 0 saturated heterocycles. The minimum Gasteiger partial charge on any atom is -0.396 e. The Kier molecular flexibility index (Phi) is 4.88. The number of rotatable bonds is 6. The first-order chi connectivity index (χ1) is 9.90. The maximum Gasteiger partial charge on any atom is 0.416 e. The maximum absolute atomic E-state index is 12.6. The van der Waals surface area contributed by atoms with Crippen LogP contribution in [-0.4, -0.2) is 23.7 Å². The normalized spacial score (nSPS) is 16.6. The lowest BCUT2D eigenvalue weighted by Gasteiger charge is -2.17. The zero-order valence-corrected chi connectivity index (χ0v) is 11.5.